The largest absolute Gasteiger partial charge is 0.399 e. The number of carbonyl (C=O) groups is 6. The van der Waals surface area contributed by atoms with E-state index in [0.29, 0.717) is 52.9 Å². The molecule has 21 heteroatoms. The maximum atomic E-state index is 13.3. The van der Waals surface area contributed by atoms with Crippen LogP contribution in [0.3, 0.4) is 0 Å². The number of nitrogens with one attached hydrogen (secondary N) is 2. The van der Waals surface area contributed by atoms with Gasteiger partial charge in [-0.05, 0) is 170 Å². The molecule has 0 spiro atoms. The number of aliphatic hydroxyl groups is 1. The van der Waals surface area contributed by atoms with Gasteiger partial charge in [-0.15, -0.1) is 0 Å². The smallest absolute Gasteiger partial charge is 0.343 e. The summed E-state index contributed by atoms with van der Waals surface area (Å²) in [5.41, 5.74) is 6.74. The second-order valence-electron chi connectivity index (χ2n) is 15.9. The summed E-state index contributed by atoms with van der Waals surface area (Å²) in [6, 6.07) is 52.1. The zero-order chi connectivity index (χ0) is 54.7. The maximum Gasteiger partial charge on any atom is 0.343 e. The molecule has 2 saturated heterocycles. The van der Waals surface area contributed by atoms with Crippen molar-refractivity contribution >= 4 is 157 Å². The molecule has 0 saturated carbocycles. The van der Waals surface area contributed by atoms with Crippen LogP contribution in [0.4, 0.5) is 54.2 Å². The molecule has 10 rings (SSSR count). The van der Waals surface area contributed by atoms with Crippen molar-refractivity contribution in [1.29, 1.82) is 0 Å². The molecule has 0 radical (unpaired) electrons. The molecule has 2 aliphatic rings. The van der Waals surface area contributed by atoms with Gasteiger partial charge < -0.3 is 21.5 Å². The summed E-state index contributed by atoms with van der Waals surface area (Å²) in [7, 11) is 0. The van der Waals surface area contributed by atoms with E-state index in [1.54, 1.807) is 152 Å². The number of urea groups is 3. The van der Waals surface area contributed by atoms with Crippen molar-refractivity contribution in [2.75, 3.05) is 36.0 Å². The first-order valence-corrected chi connectivity index (χ1v) is 24.8. The number of benzene rings is 8. The molecule has 1 atom stereocenters. The van der Waals surface area contributed by atoms with Gasteiger partial charge >= 0.3 is 29.9 Å². The zero-order valence-electron chi connectivity index (χ0n) is 39.0. The third kappa shape index (κ3) is 13.6. The Labute approximate surface area is 470 Å². The SMILES string of the molecule is Nc1ccc(Cl)cc1.O=C(Nc1ccc(Cl)cc1)Nc1ccc(Cl)cc1.O=C1C(=O)N(c2ccc(Cl)cc2)C(=O)N1c1ccc(Cl)cc1.O=C1N(c2ccc(Cl)cc2)C(=O)C(O)(c2ccccc2)N1c1ccc(Cl)cc1. The number of hydrogen-bond acceptors (Lipinski definition) is 8. The van der Waals surface area contributed by atoms with E-state index in [1.165, 1.54) is 48.5 Å². The minimum absolute atomic E-state index is 0.278. The molecular weight excluding hydrogens is 1120 g/mol. The van der Waals surface area contributed by atoms with Crippen LogP contribution < -0.4 is 36.0 Å². The van der Waals surface area contributed by atoms with Gasteiger partial charge in [0.05, 0.1) is 17.1 Å². The lowest BCUT2D eigenvalue weighted by molar-refractivity contribution is -0.133. The maximum absolute atomic E-state index is 13.3. The standard InChI is InChI=1S/C21H14Cl2N2O3.C15H8Cl2N2O3.C13H10Cl2N2O.C6H6ClN/c22-15-6-10-17(11-7-15)24-19(26)21(28,14-4-2-1-3-5-14)25(20(24)27)18-12-8-16(23)9-13-18;16-9-1-5-11(6-2-9)18-13(20)14(21)19(15(18)22)12-7-3-10(17)4-8-12;14-9-1-5-11(6-2-9)16-13(18)17-12-7-3-10(15)4-8-12;7-5-1-3-6(8)4-2-5/h1-13,28H;1-8H;1-8H,(H2,16,17,18);1-4H,8H2. The average Bonchev–Trinajstić information content (AvgIpc) is 3.76. The second-order valence-corrected chi connectivity index (χ2v) is 19.0. The highest BCUT2D eigenvalue weighted by Crippen LogP contribution is 2.41. The number of hydrogen-bond donors (Lipinski definition) is 4. The number of rotatable bonds is 7. The molecule has 0 aromatic heterocycles. The van der Waals surface area contributed by atoms with E-state index in [9.17, 15) is 33.9 Å². The van der Waals surface area contributed by atoms with Gasteiger partial charge in [0, 0.05) is 63.5 Å². The Morgan fingerprint density at radius 3 is 1.04 bits per heavy atom. The van der Waals surface area contributed by atoms with Crippen molar-refractivity contribution in [3.63, 3.8) is 0 Å². The summed E-state index contributed by atoms with van der Waals surface area (Å²) in [5.74, 6) is -2.61. The molecule has 2 heterocycles. The first kappa shape index (κ1) is 56.1. The summed E-state index contributed by atoms with van der Waals surface area (Å²) in [5, 5.41) is 20.7. The average molecular weight is 1160 g/mol. The number of nitrogens with two attached hydrogens (primary N) is 1. The van der Waals surface area contributed by atoms with E-state index in [4.69, 9.17) is 86.9 Å². The number of nitrogen functional groups attached to an aromatic ring is 1. The molecule has 76 heavy (non-hydrogen) atoms. The van der Waals surface area contributed by atoms with E-state index < -0.39 is 35.5 Å². The Morgan fingerprint density at radius 1 is 0.395 bits per heavy atom. The molecule has 14 nitrogen and oxygen atoms in total. The van der Waals surface area contributed by atoms with Crippen LogP contribution >= 0.6 is 81.2 Å². The van der Waals surface area contributed by atoms with Crippen LogP contribution in [0.2, 0.25) is 35.2 Å². The summed E-state index contributed by atoms with van der Waals surface area (Å²) >= 11 is 40.5. The van der Waals surface area contributed by atoms with Gasteiger partial charge in [0.2, 0.25) is 0 Å². The second kappa shape index (κ2) is 25.3. The van der Waals surface area contributed by atoms with Crippen molar-refractivity contribution in [2.45, 2.75) is 5.72 Å². The zero-order valence-corrected chi connectivity index (χ0v) is 44.3. The Kier molecular flexibility index (Phi) is 18.7. The van der Waals surface area contributed by atoms with Gasteiger partial charge in [0.25, 0.3) is 11.6 Å². The molecule has 2 aliphatic heterocycles. The molecule has 5 N–H and O–H groups in total. The van der Waals surface area contributed by atoms with E-state index in [1.807, 2.05) is 0 Å². The predicted octanol–water partition coefficient (Wildman–Crippen LogP) is 14.9. The fraction of sp³-hybridized carbons (Fsp3) is 0.0182. The third-order valence-corrected chi connectivity index (χ3v) is 12.5. The summed E-state index contributed by atoms with van der Waals surface area (Å²) in [6.45, 7) is 0. The first-order chi connectivity index (χ1) is 36.3. The normalized spacial score (nSPS) is 14.8. The van der Waals surface area contributed by atoms with Crippen LogP contribution in [0.1, 0.15) is 5.56 Å². The van der Waals surface area contributed by atoms with Gasteiger partial charge in [-0.1, -0.05) is 112 Å². The third-order valence-electron chi connectivity index (χ3n) is 10.8. The fourth-order valence-corrected chi connectivity index (χ4v) is 8.01. The number of amides is 9. The van der Waals surface area contributed by atoms with Crippen molar-refractivity contribution < 1.29 is 33.9 Å². The van der Waals surface area contributed by atoms with Crippen molar-refractivity contribution in [3.05, 3.63) is 241 Å². The number of imide groups is 3. The Morgan fingerprint density at radius 2 is 0.697 bits per heavy atom. The van der Waals surface area contributed by atoms with Crippen molar-refractivity contribution in [1.82, 2.24) is 0 Å². The quantitative estimate of drug-likeness (QED) is 0.0690. The predicted molar refractivity (Wildman–Crippen MR) is 303 cm³/mol. The Bertz CT molecular complexity index is 3230. The van der Waals surface area contributed by atoms with E-state index in [2.05, 4.69) is 10.6 Å². The van der Waals surface area contributed by atoms with E-state index in [-0.39, 0.29) is 23.0 Å². The summed E-state index contributed by atoms with van der Waals surface area (Å²) in [6.07, 6.45) is 0. The van der Waals surface area contributed by atoms with Gasteiger partial charge in [0.1, 0.15) is 0 Å². The molecule has 0 bridgehead atoms. The molecule has 8 aromatic carbocycles. The highest BCUT2D eigenvalue weighted by molar-refractivity contribution is 6.60. The molecule has 2 fully saturated rings. The van der Waals surface area contributed by atoms with Crippen LogP contribution in [0.25, 0.3) is 0 Å². The van der Waals surface area contributed by atoms with Crippen LogP contribution in [0.15, 0.2) is 200 Å². The Balaban J connectivity index is 0.000000157. The molecule has 1 unspecified atom stereocenters. The van der Waals surface area contributed by atoms with Gasteiger partial charge in [-0.3, -0.25) is 19.3 Å². The fourth-order valence-electron chi connectivity index (χ4n) is 7.13. The molecule has 0 aliphatic carbocycles. The minimum Gasteiger partial charge on any atom is -0.399 e. The van der Waals surface area contributed by atoms with Gasteiger partial charge in [0.15, 0.2) is 0 Å². The van der Waals surface area contributed by atoms with Crippen LogP contribution in [0, 0.1) is 0 Å². The minimum atomic E-state index is -2.20. The topological polar surface area (TPSA) is 186 Å². The van der Waals surface area contributed by atoms with Crippen molar-refractivity contribution in [3.8, 4) is 0 Å². The summed E-state index contributed by atoms with van der Waals surface area (Å²) < 4.78 is 0. The highest BCUT2D eigenvalue weighted by atomic mass is 35.5. The number of carbonyl (C=O) groups excluding carboxylic acids is 6. The lowest BCUT2D eigenvalue weighted by Crippen LogP contribution is -2.47. The monoisotopic (exact) mass is 1150 g/mol. The highest BCUT2D eigenvalue weighted by Gasteiger charge is 2.59. The number of anilines is 7. The van der Waals surface area contributed by atoms with Crippen LogP contribution in [0.5, 0.6) is 0 Å². The lowest BCUT2D eigenvalue weighted by Gasteiger charge is -2.30. The molecule has 9 amide bonds. The van der Waals surface area contributed by atoms with Crippen LogP contribution in [-0.4, -0.2) is 40.9 Å². The lowest BCUT2D eigenvalue weighted by atomic mass is 10.0. The van der Waals surface area contributed by atoms with E-state index >= 15 is 0 Å². The molecular formula is C55H38Cl7N7O7. The van der Waals surface area contributed by atoms with E-state index in [0.717, 1.165) is 30.3 Å². The van der Waals surface area contributed by atoms with Crippen molar-refractivity contribution in [2.24, 2.45) is 0 Å². The molecule has 384 valence electrons. The number of nitrogens with zero attached hydrogens (tertiary/aromatic N) is 4. The van der Waals surface area contributed by atoms with Gasteiger partial charge in [-0.2, -0.15) is 0 Å². The molecule has 8 aromatic rings. The van der Waals surface area contributed by atoms with Gasteiger partial charge in [-0.25, -0.2) is 29.1 Å². The number of halogens is 7. The first-order valence-electron chi connectivity index (χ1n) is 22.2. The Hall–Kier alpha value is -7.63. The summed E-state index contributed by atoms with van der Waals surface area (Å²) in [4.78, 5) is 78.6. The van der Waals surface area contributed by atoms with Crippen LogP contribution in [-0.2, 0) is 20.1 Å².